The molecule has 2 aliphatic heterocycles. The number of aryl methyl sites for hydroxylation is 1. The zero-order chi connectivity index (χ0) is 21.6. The molecule has 2 aliphatic rings. The van der Waals surface area contributed by atoms with Crippen molar-refractivity contribution in [2.45, 2.75) is 45.1 Å². The number of hydrogen-bond donors (Lipinski definition) is 1. The highest BCUT2D eigenvalue weighted by molar-refractivity contribution is 14.0. The summed E-state index contributed by atoms with van der Waals surface area (Å²) in [6.07, 6.45) is 8.67. The van der Waals surface area contributed by atoms with E-state index in [1.807, 2.05) is 47.1 Å². The standard InChI is InChI=1S/C24H34N6O.HI/c1-3-25-24(30-14-11-21(18-30)22-16-27-28(2)17-22)26-15-19-7-9-20(10-8-19)23(31)29-12-5-4-6-13-29;/h7-10,16-17,21H,3-6,11-15,18H2,1-2H3,(H,25,26);1H. The first-order valence-corrected chi connectivity index (χ1v) is 11.5. The third kappa shape index (κ3) is 6.02. The van der Waals surface area contributed by atoms with Crippen molar-refractivity contribution in [1.29, 1.82) is 0 Å². The van der Waals surface area contributed by atoms with Crippen LogP contribution in [0.15, 0.2) is 41.7 Å². The van der Waals surface area contributed by atoms with Crippen LogP contribution >= 0.6 is 24.0 Å². The van der Waals surface area contributed by atoms with Crippen LogP contribution in [0.3, 0.4) is 0 Å². The Kier molecular flexibility index (Phi) is 8.95. The van der Waals surface area contributed by atoms with Crippen molar-refractivity contribution in [3.05, 3.63) is 53.3 Å². The fourth-order valence-electron chi connectivity index (χ4n) is 4.50. The van der Waals surface area contributed by atoms with Crippen LogP contribution in [-0.2, 0) is 13.6 Å². The number of likely N-dealkylation sites (tertiary alicyclic amines) is 2. The Hall–Kier alpha value is -2.10. The highest BCUT2D eigenvalue weighted by Gasteiger charge is 2.27. The minimum Gasteiger partial charge on any atom is -0.357 e. The van der Waals surface area contributed by atoms with Gasteiger partial charge in [0.25, 0.3) is 5.91 Å². The van der Waals surface area contributed by atoms with Gasteiger partial charge >= 0.3 is 0 Å². The third-order valence-electron chi connectivity index (χ3n) is 6.27. The maximum Gasteiger partial charge on any atom is 0.253 e. The Labute approximate surface area is 208 Å². The van der Waals surface area contributed by atoms with E-state index < -0.39 is 0 Å². The molecule has 1 amide bonds. The van der Waals surface area contributed by atoms with Gasteiger partial charge in [-0.15, -0.1) is 24.0 Å². The average Bonchev–Trinajstić information content (AvgIpc) is 3.46. The summed E-state index contributed by atoms with van der Waals surface area (Å²) in [5.41, 5.74) is 3.20. The molecule has 4 rings (SSSR count). The van der Waals surface area contributed by atoms with Crippen molar-refractivity contribution in [3.8, 4) is 0 Å². The first-order valence-electron chi connectivity index (χ1n) is 11.5. The molecule has 1 aromatic heterocycles. The van der Waals surface area contributed by atoms with Gasteiger partial charge < -0.3 is 15.1 Å². The molecule has 0 bridgehead atoms. The number of carbonyl (C=O) groups excluding carboxylic acids is 1. The molecular weight excluding hydrogens is 515 g/mol. The minimum atomic E-state index is 0. The van der Waals surface area contributed by atoms with Gasteiger partial charge in [0.15, 0.2) is 5.96 Å². The second kappa shape index (κ2) is 11.7. The van der Waals surface area contributed by atoms with E-state index in [1.54, 1.807) is 0 Å². The van der Waals surface area contributed by atoms with Gasteiger partial charge in [0.05, 0.1) is 12.7 Å². The van der Waals surface area contributed by atoms with Crippen LogP contribution in [0.1, 0.15) is 60.0 Å². The lowest BCUT2D eigenvalue weighted by atomic mass is 10.0. The molecule has 1 atom stereocenters. The number of rotatable bonds is 5. The lowest BCUT2D eigenvalue weighted by molar-refractivity contribution is 0.0724. The lowest BCUT2D eigenvalue weighted by Crippen LogP contribution is -2.40. The van der Waals surface area contributed by atoms with Crippen LogP contribution in [0.25, 0.3) is 0 Å². The quantitative estimate of drug-likeness (QED) is 0.351. The summed E-state index contributed by atoms with van der Waals surface area (Å²) in [4.78, 5) is 21.9. The van der Waals surface area contributed by atoms with Gasteiger partial charge in [0.2, 0.25) is 0 Å². The van der Waals surface area contributed by atoms with Crippen molar-refractivity contribution in [2.24, 2.45) is 12.0 Å². The average molecular weight is 550 g/mol. The number of nitrogens with one attached hydrogen (secondary N) is 1. The third-order valence-corrected chi connectivity index (χ3v) is 6.27. The normalized spacial score (nSPS) is 19.1. The minimum absolute atomic E-state index is 0. The molecule has 7 nitrogen and oxygen atoms in total. The van der Waals surface area contributed by atoms with Crippen molar-refractivity contribution < 1.29 is 4.79 Å². The molecule has 32 heavy (non-hydrogen) atoms. The SMILES string of the molecule is CCNC(=NCc1ccc(C(=O)N2CCCCC2)cc1)N1CCC(c2cnn(C)c2)C1.I. The van der Waals surface area contributed by atoms with Crippen LogP contribution in [0.2, 0.25) is 0 Å². The number of guanidine groups is 1. The van der Waals surface area contributed by atoms with Crippen LogP contribution in [-0.4, -0.2) is 64.2 Å². The van der Waals surface area contributed by atoms with Gasteiger partial charge in [0.1, 0.15) is 0 Å². The zero-order valence-corrected chi connectivity index (χ0v) is 21.5. The van der Waals surface area contributed by atoms with E-state index in [9.17, 15) is 4.79 Å². The maximum absolute atomic E-state index is 12.7. The van der Waals surface area contributed by atoms with Gasteiger partial charge in [-0.05, 0) is 55.9 Å². The fraction of sp³-hybridized carbons (Fsp3) is 0.542. The second-order valence-corrected chi connectivity index (χ2v) is 8.60. The van der Waals surface area contributed by atoms with Crippen LogP contribution < -0.4 is 5.32 Å². The summed E-state index contributed by atoms with van der Waals surface area (Å²) in [6, 6.07) is 7.96. The molecule has 1 aromatic carbocycles. The molecule has 2 saturated heterocycles. The van der Waals surface area contributed by atoms with Crippen LogP contribution in [0.5, 0.6) is 0 Å². The summed E-state index contributed by atoms with van der Waals surface area (Å²) < 4.78 is 1.87. The number of hydrogen-bond acceptors (Lipinski definition) is 3. The van der Waals surface area contributed by atoms with Gasteiger partial charge in [-0.1, -0.05) is 12.1 Å². The molecule has 0 spiro atoms. The van der Waals surface area contributed by atoms with E-state index in [2.05, 4.69) is 28.4 Å². The number of aromatic nitrogens is 2. The smallest absolute Gasteiger partial charge is 0.253 e. The molecule has 0 radical (unpaired) electrons. The highest BCUT2D eigenvalue weighted by atomic mass is 127. The van der Waals surface area contributed by atoms with E-state index in [0.717, 1.165) is 69.1 Å². The van der Waals surface area contributed by atoms with E-state index in [4.69, 9.17) is 4.99 Å². The topological polar surface area (TPSA) is 65.8 Å². The number of benzene rings is 1. The highest BCUT2D eigenvalue weighted by Crippen LogP contribution is 2.26. The predicted molar refractivity (Wildman–Crippen MR) is 139 cm³/mol. The molecular formula is C24H35IN6O. The van der Waals surface area contributed by atoms with Crippen LogP contribution in [0.4, 0.5) is 0 Å². The molecule has 2 aromatic rings. The molecule has 1 unspecified atom stereocenters. The summed E-state index contributed by atoms with van der Waals surface area (Å²) >= 11 is 0. The van der Waals surface area contributed by atoms with Gasteiger partial charge in [0, 0.05) is 57.4 Å². The molecule has 174 valence electrons. The number of nitrogens with zero attached hydrogens (tertiary/aromatic N) is 5. The zero-order valence-electron chi connectivity index (χ0n) is 19.2. The molecule has 2 fully saturated rings. The summed E-state index contributed by atoms with van der Waals surface area (Å²) in [6.45, 7) is 7.27. The Morgan fingerprint density at radius 2 is 1.88 bits per heavy atom. The number of aliphatic imine (C=N–C) groups is 1. The molecule has 3 heterocycles. The molecule has 8 heteroatoms. The Morgan fingerprint density at radius 1 is 1.12 bits per heavy atom. The number of piperidine rings is 1. The van der Waals surface area contributed by atoms with E-state index in [-0.39, 0.29) is 29.9 Å². The van der Waals surface area contributed by atoms with Crippen LogP contribution in [0, 0.1) is 0 Å². The van der Waals surface area contributed by atoms with Crippen molar-refractivity contribution in [1.82, 2.24) is 24.9 Å². The first kappa shape index (κ1) is 24.5. The predicted octanol–water partition coefficient (Wildman–Crippen LogP) is 3.62. The summed E-state index contributed by atoms with van der Waals surface area (Å²) in [5.74, 6) is 1.61. The first-order chi connectivity index (χ1) is 15.1. The molecule has 0 aliphatic carbocycles. The molecule has 1 N–H and O–H groups in total. The fourth-order valence-corrected chi connectivity index (χ4v) is 4.50. The maximum atomic E-state index is 12.7. The van der Waals surface area contributed by atoms with Gasteiger partial charge in [-0.3, -0.25) is 9.48 Å². The number of carbonyl (C=O) groups is 1. The van der Waals surface area contributed by atoms with Crippen molar-refractivity contribution in [2.75, 3.05) is 32.7 Å². The summed E-state index contributed by atoms with van der Waals surface area (Å²) in [7, 11) is 1.97. The Balaban J connectivity index is 0.00000289. The largest absolute Gasteiger partial charge is 0.357 e. The number of amides is 1. The van der Waals surface area contributed by atoms with Crippen molar-refractivity contribution >= 4 is 35.8 Å². The van der Waals surface area contributed by atoms with Gasteiger partial charge in [-0.2, -0.15) is 5.10 Å². The number of halogens is 1. The van der Waals surface area contributed by atoms with E-state index >= 15 is 0 Å². The van der Waals surface area contributed by atoms with Crippen molar-refractivity contribution in [3.63, 3.8) is 0 Å². The van der Waals surface area contributed by atoms with Gasteiger partial charge in [-0.25, -0.2) is 4.99 Å². The lowest BCUT2D eigenvalue weighted by Gasteiger charge is -2.26. The monoisotopic (exact) mass is 550 g/mol. The summed E-state index contributed by atoms with van der Waals surface area (Å²) in [5, 5.41) is 7.76. The molecule has 0 saturated carbocycles. The Bertz CT molecular complexity index is 903. The van der Waals surface area contributed by atoms with E-state index in [0.29, 0.717) is 12.5 Å². The Morgan fingerprint density at radius 3 is 2.53 bits per heavy atom. The van der Waals surface area contributed by atoms with E-state index in [1.165, 1.54) is 12.0 Å². The second-order valence-electron chi connectivity index (χ2n) is 8.60.